The van der Waals surface area contributed by atoms with Crippen LogP contribution in [0.1, 0.15) is 175 Å². The molecule has 1 atom stereocenters. The van der Waals surface area contributed by atoms with E-state index in [0.29, 0.717) is 0 Å². The van der Waals surface area contributed by atoms with Crippen molar-refractivity contribution in [2.24, 2.45) is 0 Å². The molecule has 232 valence electrons. The number of unbranched alkanes of at least 4 members (excludes halogenated alkanes) is 20. The van der Waals surface area contributed by atoms with Gasteiger partial charge in [0.25, 0.3) is 0 Å². The molecule has 0 saturated heterocycles. The Kier molecular flexibility index (Phi) is 22.5. The van der Waals surface area contributed by atoms with Crippen LogP contribution in [0.15, 0.2) is 11.5 Å². The number of carbonyl (C=O) groups excluding carboxylic acids is 3. The second kappa shape index (κ2) is 24.9. The normalized spacial score (nSPS) is 15.3. The molecule has 1 heterocycles. The summed E-state index contributed by atoms with van der Waals surface area (Å²) in [6, 6.07) is 0. The highest BCUT2D eigenvalue weighted by Crippen LogP contribution is 2.21. The number of Topliss-reactive ketones (excluding diaryl/α,β-unsaturated/α-hetero) is 1. The summed E-state index contributed by atoms with van der Waals surface area (Å²) >= 11 is 0. The van der Waals surface area contributed by atoms with Crippen molar-refractivity contribution in [1.82, 2.24) is 0 Å². The molecule has 0 aromatic rings. The van der Waals surface area contributed by atoms with E-state index in [1.54, 1.807) is 6.92 Å². The molecule has 1 aliphatic heterocycles. The molecule has 0 aromatic heterocycles. The molecular formula is C34H60O6. The molecular weight excluding hydrogens is 504 g/mol. The summed E-state index contributed by atoms with van der Waals surface area (Å²) in [5.41, 5.74) is 0. The van der Waals surface area contributed by atoms with Gasteiger partial charge in [-0.1, -0.05) is 142 Å². The summed E-state index contributed by atoms with van der Waals surface area (Å²) in [5, 5.41) is 0. The summed E-state index contributed by atoms with van der Waals surface area (Å²) in [4.78, 5) is 37.5. The molecule has 0 aromatic carbocycles. The molecule has 0 bridgehead atoms. The first kappa shape index (κ1) is 36.2. The molecule has 0 saturated carbocycles. The van der Waals surface area contributed by atoms with Crippen LogP contribution in [0.25, 0.3) is 0 Å². The van der Waals surface area contributed by atoms with Crippen molar-refractivity contribution >= 4 is 17.7 Å². The Morgan fingerprint density at radius 1 is 0.625 bits per heavy atom. The summed E-state index contributed by atoms with van der Waals surface area (Å²) in [6.07, 6.45) is 26.0. The fourth-order valence-corrected chi connectivity index (χ4v) is 5.12. The van der Waals surface area contributed by atoms with E-state index in [1.807, 2.05) is 0 Å². The molecule has 0 radical (unpaired) electrons. The van der Waals surface area contributed by atoms with Crippen molar-refractivity contribution in [2.45, 2.75) is 181 Å². The van der Waals surface area contributed by atoms with Crippen LogP contribution in [0.3, 0.4) is 0 Å². The number of hydrogen-bond acceptors (Lipinski definition) is 6. The number of ketones is 1. The standard InChI is InChI=1S/C34H60O6/c1-4-6-8-10-12-14-16-18-20-22-24-26-31(35)39-30-28-38-29(3)34(33(30)37)40-32(36)27-25-23-21-19-17-15-13-11-9-7-5-2/h30H,4-28H2,1-3H3. The molecule has 0 N–H and O–H groups in total. The van der Waals surface area contributed by atoms with Crippen LogP contribution >= 0.6 is 0 Å². The van der Waals surface area contributed by atoms with Crippen molar-refractivity contribution in [3.8, 4) is 0 Å². The Morgan fingerprint density at radius 2 is 1.00 bits per heavy atom. The van der Waals surface area contributed by atoms with Crippen molar-refractivity contribution < 1.29 is 28.6 Å². The summed E-state index contributed by atoms with van der Waals surface area (Å²) < 4.78 is 16.3. The first-order valence-electron chi connectivity index (χ1n) is 16.8. The highest BCUT2D eigenvalue weighted by molar-refractivity contribution is 6.00. The Balaban J connectivity index is 2.14. The quantitative estimate of drug-likeness (QED) is 0.0768. The zero-order chi connectivity index (χ0) is 29.3. The Hall–Kier alpha value is -1.85. The minimum atomic E-state index is -1.05. The number of esters is 2. The fraction of sp³-hybridized carbons (Fsp3) is 0.853. The third-order valence-electron chi connectivity index (χ3n) is 7.75. The van der Waals surface area contributed by atoms with Gasteiger partial charge >= 0.3 is 11.9 Å². The Morgan fingerprint density at radius 3 is 1.43 bits per heavy atom. The van der Waals surface area contributed by atoms with Crippen LogP contribution in [0.2, 0.25) is 0 Å². The van der Waals surface area contributed by atoms with Crippen molar-refractivity contribution in [3.05, 3.63) is 11.5 Å². The smallest absolute Gasteiger partial charge is 0.311 e. The van der Waals surface area contributed by atoms with Gasteiger partial charge in [0.15, 0.2) is 0 Å². The summed E-state index contributed by atoms with van der Waals surface area (Å²) in [7, 11) is 0. The first-order chi connectivity index (χ1) is 19.5. The predicted octanol–water partition coefficient (Wildman–Crippen LogP) is 9.67. The van der Waals surface area contributed by atoms with E-state index in [9.17, 15) is 14.4 Å². The third kappa shape index (κ3) is 18.5. The largest absolute Gasteiger partial charge is 0.490 e. The molecule has 6 nitrogen and oxygen atoms in total. The van der Waals surface area contributed by atoms with E-state index >= 15 is 0 Å². The Bertz CT molecular complexity index is 713. The van der Waals surface area contributed by atoms with Gasteiger partial charge in [-0.15, -0.1) is 0 Å². The van der Waals surface area contributed by atoms with Crippen LogP contribution in [0.4, 0.5) is 0 Å². The Labute approximate surface area is 245 Å². The van der Waals surface area contributed by atoms with E-state index in [-0.39, 0.29) is 31.0 Å². The SMILES string of the molecule is CCCCCCCCCCCCCC(=O)OC1=C(C)OCC(OC(=O)CCCCCCCCCCCCC)C1=O. The molecule has 1 aliphatic rings. The molecule has 0 spiro atoms. The lowest BCUT2D eigenvalue weighted by atomic mass is 10.1. The van der Waals surface area contributed by atoms with E-state index in [0.717, 1.165) is 38.5 Å². The lowest BCUT2D eigenvalue weighted by Gasteiger charge is -2.24. The minimum absolute atomic E-state index is 0.0334. The molecule has 0 amide bonds. The van der Waals surface area contributed by atoms with Gasteiger partial charge in [-0.3, -0.25) is 14.4 Å². The number of ether oxygens (including phenoxy) is 3. The number of allylic oxidation sites excluding steroid dienone is 1. The summed E-state index contributed by atoms with van der Waals surface area (Å²) in [5.74, 6) is -1.16. The monoisotopic (exact) mass is 564 g/mol. The van der Waals surface area contributed by atoms with Crippen molar-refractivity contribution in [2.75, 3.05) is 6.61 Å². The molecule has 1 rings (SSSR count). The average molecular weight is 565 g/mol. The lowest BCUT2D eigenvalue weighted by Crippen LogP contribution is -2.38. The van der Waals surface area contributed by atoms with Gasteiger partial charge in [0.2, 0.25) is 17.6 Å². The van der Waals surface area contributed by atoms with Crippen LogP contribution < -0.4 is 0 Å². The molecule has 0 fully saturated rings. The number of carbonyl (C=O) groups is 3. The molecule has 0 aliphatic carbocycles. The van der Waals surface area contributed by atoms with E-state index in [2.05, 4.69) is 13.8 Å². The summed E-state index contributed by atoms with van der Waals surface area (Å²) in [6.45, 7) is 6.05. The van der Waals surface area contributed by atoms with Crippen LogP contribution in [-0.4, -0.2) is 30.4 Å². The zero-order valence-electron chi connectivity index (χ0n) is 26.2. The van der Waals surface area contributed by atoms with Gasteiger partial charge in [0.05, 0.1) is 0 Å². The highest BCUT2D eigenvalue weighted by Gasteiger charge is 2.35. The third-order valence-corrected chi connectivity index (χ3v) is 7.75. The van der Waals surface area contributed by atoms with Gasteiger partial charge in [-0.2, -0.15) is 0 Å². The van der Waals surface area contributed by atoms with E-state index < -0.39 is 23.8 Å². The molecule has 1 unspecified atom stereocenters. The predicted molar refractivity (Wildman–Crippen MR) is 162 cm³/mol. The minimum Gasteiger partial charge on any atom is -0.490 e. The van der Waals surface area contributed by atoms with E-state index in [1.165, 1.54) is 103 Å². The maximum absolute atomic E-state index is 12.8. The van der Waals surface area contributed by atoms with Gasteiger partial charge in [0, 0.05) is 12.8 Å². The maximum Gasteiger partial charge on any atom is 0.311 e. The topological polar surface area (TPSA) is 78.9 Å². The second-order valence-corrected chi connectivity index (χ2v) is 11.6. The van der Waals surface area contributed by atoms with Gasteiger partial charge < -0.3 is 14.2 Å². The van der Waals surface area contributed by atoms with Crippen LogP contribution in [0.5, 0.6) is 0 Å². The number of hydrogen-bond donors (Lipinski definition) is 0. The second-order valence-electron chi connectivity index (χ2n) is 11.6. The fourth-order valence-electron chi connectivity index (χ4n) is 5.12. The van der Waals surface area contributed by atoms with E-state index in [4.69, 9.17) is 14.2 Å². The van der Waals surface area contributed by atoms with Gasteiger partial charge in [-0.25, -0.2) is 0 Å². The maximum atomic E-state index is 12.8. The average Bonchev–Trinajstić information content (AvgIpc) is 2.94. The van der Waals surface area contributed by atoms with Crippen molar-refractivity contribution in [1.29, 1.82) is 0 Å². The molecule has 40 heavy (non-hydrogen) atoms. The van der Waals surface area contributed by atoms with Gasteiger partial charge in [0.1, 0.15) is 12.4 Å². The highest BCUT2D eigenvalue weighted by atomic mass is 16.6. The molecule has 6 heteroatoms. The van der Waals surface area contributed by atoms with Crippen molar-refractivity contribution in [3.63, 3.8) is 0 Å². The first-order valence-corrected chi connectivity index (χ1v) is 16.8. The van der Waals surface area contributed by atoms with Crippen LogP contribution in [0, 0.1) is 0 Å². The zero-order valence-corrected chi connectivity index (χ0v) is 26.2. The van der Waals surface area contributed by atoms with Crippen LogP contribution in [-0.2, 0) is 28.6 Å². The van der Waals surface area contributed by atoms with Gasteiger partial charge in [-0.05, 0) is 19.8 Å². The number of rotatable bonds is 26. The lowest BCUT2D eigenvalue weighted by molar-refractivity contribution is -0.161.